The normalized spacial score (nSPS) is 27.0. The summed E-state index contributed by atoms with van der Waals surface area (Å²) in [6.45, 7) is 10.3. The van der Waals surface area contributed by atoms with E-state index in [4.69, 9.17) is 0 Å². The van der Waals surface area contributed by atoms with Gasteiger partial charge in [0, 0.05) is 25.7 Å². The predicted molar refractivity (Wildman–Crippen MR) is 48.7 cm³/mol. The Morgan fingerprint density at radius 2 is 2.00 bits per heavy atom. The average molecular weight is 156 g/mol. The van der Waals surface area contributed by atoms with Crippen LogP contribution in [0.4, 0.5) is 0 Å². The van der Waals surface area contributed by atoms with Gasteiger partial charge in [-0.3, -0.25) is 0 Å². The molecule has 0 saturated carbocycles. The second-order valence-corrected chi connectivity index (χ2v) is 4.62. The lowest BCUT2D eigenvalue weighted by atomic mass is 9.87. The second-order valence-electron chi connectivity index (χ2n) is 4.62. The van der Waals surface area contributed by atoms with Crippen LogP contribution in [-0.2, 0) is 0 Å². The van der Waals surface area contributed by atoms with Crippen molar-refractivity contribution in [2.45, 2.75) is 33.2 Å². The zero-order valence-corrected chi connectivity index (χ0v) is 7.91. The van der Waals surface area contributed by atoms with E-state index in [1.807, 2.05) is 0 Å². The molecule has 0 radical (unpaired) electrons. The van der Waals surface area contributed by atoms with E-state index in [9.17, 15) is 0 Å². The maximum atomic E-state index is 3.51. The summed E-state index contributed by atoms with van der Waals surface area (Å²) in [5.41, 5.74) is 0.455. The van der Waals surface area contributed by atoms with Crippen LogP contribution in [0.15, 0.2) is 0 Å². The van der Waals surface area contributed by atoms with Crippen LogP contribution in [0.3, 0.4) is 0 Å². The van der Waals surface area contributed by atoms with Gasteiger partial charge in [-0.25, -0.2) is 0 Å². The Bertz CT molecular complexity index is 109. The third-order valence-electron chi connectivity index (χ3n) is 1.98. The van der Waals surface area contributed by atoms with Crippen LogP contribution in [0.1, 0.15) is 27.2 Å². The molecule has 0 aromatic carbocycles. The summed E-state index contributed by atoms with van der Waals surface area (Å²) in [4.78, 5) is 0. The molecular formula is C9H20N2. The van der Waals surface area contributed by atoms with Crippen LogP contribution in [0.2, 0.25) is 0 Å². The quantitative estimate of drug-likeness (QED) is 0.591. The largest absolute Gasteiger partial charge is 0.314 e. The highest BCUT2D eigenvalue weighted by molar-refractivity contribution is 4.79. The number of hydrogen-bond acceptors (Lipinski definition) is 2. The van der Waals surface area contributed by atoms with Gasteiger partial charge in [-0.1, -0.05) is 20.8 Å². The molecule has 0 spiro atoms. The number of piperazine rings is 1. The maximum Gasteiger partial charge on any atom is 0.0198 e. The lowest BCUT2D eigenvalue weighted by Crippen LogP contribution is -2.49. The fourth-order valence-electron chi connectivity index (χ4n) is 1.60. The van der Waals surface area contributed by atoms with Crippen molar-refractivity contribution in [3.8, 4) is 0 Å². The highest BCUT2D eigenvalue weighted by Gasteiger charge is 2.19. The molecule has 66 valence electrons. The molecule has 2 heteroatoms. The van der Waals surface area contributed by atoms with Crippen molar-refractivity contribution in [2.75, 3.05) is 19.6 Å². The molecule has 0 aromatic rings. The summed E-state index contributed by atoms with van der Waals surface area (Å²) in [5.74, 6) is 0. The molecule has 1 aliphatic rings. The molecule has 0 bridgehead atoms. The highest BCUT2D eigenvalue weighted by Crippen LogP contribution is 2.20. The average Bonchev–Trinajstić information content (AvgIpc) is 1.85. The zero-order valence-electron chi connectivity index (χ0n) is 7.91. The summed E-state index contributed by atoms with van der Waals surface area (Å²) >= 11 is 0. The molecule has 1 heterocycles. The summed E-state index contributed by atoms with van der Waals surface area (Å²) < 4.78 is 0. The van der Waals surface area contributed by atoms with Crippen LogP contribution in [-0.4, -0.2) is 25.7 Å². The minimum Gasteiger partial charge on any atom is -0.314 e. The lowest BCUT2D eigenvalue weighted by molar-refractivity contribution is 0.284. The number of hydrogen-bond donors (Lipinski definition) is 2. The fourth-order valence-corrected chi connectivity index (χ4v) is 1.60. The molecule has 0 aliphatic carbocycles. The van der Waals surface area contributed by atoms with Crippen LogP contribution < -0.4 is 10.6 Å². The number of rotatable bonds is 1. The SMILES string of the molecule is CC(C)(C)CC1CNCCN1. The molecule has 0 aromatic heterocycles. The van der Waals surface area contributed by atoms with E-state index < -0.39 is 0 Å². The Morgan fingerprint density at radius 3 is 2.45 bits per heavy atom. The molecule has 2 N–H and O–H groups in total. The van der Waals surface area contributed by atoms with Crippen LogP contribution in [0.25, 0.3) is 0 Å². The molecule has 2 nitrogen and oxygen atoms in total. The summed E-state index contributed by atoms with van der Waals surface area (Å²) in [6.07, 6.45) is 1.26. The van der Waals surface area contributed by atoms with E-state index in [2.05, 4.69) is 31.4 Å². The maximum absolute atomic E-state index is 3.51. The Kier molecular flexibility index (Phi) is 2.90. The van der Waals surface area contributed by atoms with Gasteiger partial charge in [-0.2, -0.15) is 0 Å². The zero-order chi connectivity index (χ0) is 8.32. The van der Waals surface area contributed by atoms with Gasteiger partial charge >= 0.3 is 0 Å². The summed E-state index contributed by atoms with van der Waals surface area (Å²) in [6, 6.07) is 0.684. The van der Waals surface area contributed by atoms with Gasteiger partial charge in [0.25, 0.3) is 0 Å². The summed E-state index contributed by atoms with van der Waals surface area (Å²) in [5, 5.41) is 6.91. The molecular weight excluding hydrogens is 136 g/mol. The second kappa shape index (κ2) is 3.55. The molecule has 0 amide bonds. The van der Waals surface area contributed by atoms with Crippen LogP contribution in [0.5, 0.6) is 0 Å². The molecule has 1 saturated heterocycles. The van der Waals surface area contributed by atoms with Crippen molar-refractivity contribution < 1.29 is 0 Å². The molecule has 1 fully saturated rings. The van der Waals surface area contributed by atoms with Gasteiger partial charge in [-0.05, 0) is 11.8 Å². The first-order chi connectivity index (χ1) is 5.08. The predicted octanol–water partition coefficient (Wildman–Crippen LogP) is 0.984. The van der Waals surface area contributed by atoms with E-state index in [1.165, 1.54) is 6.42 Å². The molecule has 1 rings (SSSR count). The first-order valence-electron chi connectivity index (χ1n) is 4.52. The van der Waals surface area contributed by atoms with Crippen molar-refractivity contribution in [3.63, 3.8) is 0 Å². The Balaban J connectivity index is 2.24. The Hall–Kier alpha value is -0.0800. The van der Waals surface area contributed by atoms with Crippen molar-refractivity contribution in [3.05, 3.63) is 0 Å². The molecule has 1 atom stereocenters. The Morgan fingerprint density at radius 1 is 1.27 bits per heavy atom. The fraction of sp³-hybridized carbons (Fsp3) is 1.00. The van der Waals surface area contributed by atoms with E-state index >= 15 is 0 Å². The monoisotopic (exact) mass is 156 g/mol. The van der Waals surface area contributed by atoms with E-state index in [0.29, 0.717) is 11.5 Å². The summed E-state index contributed by atoms with van der Waals surface area (Å²) in [7, 11) is 0. The van der Waals surface area contributed by atoms with Crippen molar-refractivity contribution in [1.82, 2.24) is 10.6 Å². The minimum absolute atomic E-state index is 0.455. The van der Waals surface area contributed by atoms with E-state index in [0.717, 1.165) is 19.6 Å². The highest BCUT2D eigenvalue weighted by atomic mass is 15.1. The van der Waals surface area contributed by atoms with Gasteiger partial charge in [0.2, 0.25) is 0 Å². The van der Waals surface area contributed by atoms with Gasteiger partial charge < -0.3 is 10.6 Å². The molecule has 1 unspecified atom stereocenters. The van der Waals surface area contributed by atoms with Crippen LogP contribution in [0, 0.1) is 5.41 Å². The van der Waals surface area contributed by atoms with Crippen molar-refractivity contribution in [2.24, 2.45) is 5.41 Å². The minimum atomic E-state index is 0.455. The third-order valence-corrected chi connectivity index (χ3v) is 1.98. The van der Waals surface area contributed by atoms with Gasteiger partial charge in [0.05, 0.1) is 0 Å². The van der Waals surface area contributed by atoms with Crippen molar-refractivity contribution in [1.29, 1.82) is 0 Å². The smallest absolute Gasteiger partial charge is 0.0198 e. The van der Waals surface area contributed by atoms with E-state index in [1.54, 1.807) is 0 Å². The molecule has 11 heavy (non-hydrogen) atoms. The van der Waals surface area contributed by atoms with Gasteiger partial charge in [-0.15, -0.1) is 0 Å². The lowest BCUT2D eigenvalue weighted by Gasteiger charge is -2.30. The topological polar surface area (TPSA) is 24.1 Å². The molecule has 1 aliphatic heterocycles. The van der Waals surface area contributed by atoms with Gasteiger partial charge in [0.1, 0.15) is 0 Å². The van der Waals surface area contributed by atoms with Gasteiger partial charge in [0.15, 0.2) is 0 Å². The standard InChI is InChI=1S/C9H20N2/c1-9(2,3)6-8-7-10-4-5-11-8/h8,10-11H,4-7H2,1-3H3. The first kappa shape index (κ1) is 9.01. The first-order valence-corrected chi connectivity index (χ1v) is 4.52. The van der Waals surface area contributed by atoms with E-state index in [-0.39, 0.29) is 0 Å². The van der Waals surface area contributed by atoms with Crippen molar-refractivity contribution >= 4 is 0 Å². The third kappa shape index (κ3) is 3.73. The van der Waals surface area contributed by atoms with Crippen LogP contribution >= 0.6 is 0 Å². The Labute approximate surface area is 69.8 Å². The number of nitrogens with one attached hydrogen (secondary N) is 2.